The molecule has 3 rings (SSSR count). The van der Waals surface area contributed by atoms with Crippen molar-refractivity contribution in [2.45, 2.75) is 71.0 Å². The van der Waals surface area contributed by atoms with Crippen molar-refractivity contribution in [2.75, 3.05) is 17.1 Å². The van der Waals surface area contributed by atoms with Crippen molar-refractivity contribution < 1.29 is 18.0 Å². The van der Waals surface area contributed by atoms with Crippen molar-refractivity contribution in [1.29, 1.82) is 0 Å². The van der Waals surface area contributed by atoms with Gasteiger partial charge < -0.3 is 10.2 Å². The van der Waals surface area contributed by atoms with E-state index in [1.54, 1.807) is 19.1 Å². The van der Waals surface area contributed by atoms with Gasteiger partial charge >= 0.3 is 0 Å². The lowest BCUT2D eigenvalue weighted by Crippen LogP contribution is -2.53. The number of hydrogen-bond donors (Lipinski definition) is 1. The first-order valence-corrected chi connectivity index (χ1v) is 15.1. The fourth-order valence-electron chi connectivity index (χ4n) is 4.63. The highest BCUT2D eigenvalue weighted by Gasteiger charge is 2.31. The van der Waals surface area contributed by atoms with Crippen LogP contribution in [0.3, 0.4) is 0 Å². The lowest BCUT2D eigenvalue weighted by molar-refractivity contribution is -0.139. The van der Waals surface area contributed by atoms with E-state index in [2.05, 4.69) is 21.2 Å². The molecule has 9 heteroatoms. The molecule has 1 aliphatic rings. The van der Waals surface area contributed by atoms with E-state index < -0.39 is 22.0 Å². The second-order valence-corrected chi connectivity index (χ2v) is 12.2. The van der Waals surface area contributed by atoms with Crippen LogP contribution in [0.5, 0.6) is 0 Å². The number of aryl methyl sites for hydroxylation is 1. The van der Waals surface area contributed by atoms with Crippen LogP contribution in [0.2, 0.25) is 0 Å². The van der Waals surface area contributed by atoms with Crippen LogP contribution >= 0.6 is 15.9 Å². The van der Waals surface area contributed by atoms with E-state index in [9.17, 15) is 18.0 Å². The van der Waals surface area contributed by atoms with Gasteiger partial charge in [0.25, 0.3) is 0 Å². The number of carbonyl (C=O) groups is 2. The zero-order chi connectivity index (χ0) is 26.3. The highest BCUT2D eigenvalue weighted by molar-refractivity contribution is 9.10. The zero-order valence-electron chi connectivity index (χ0n) is 21.2. The molecule has 0 aromatic heterocycles. The molecule has 0 bridgehead atoms. The van der Waals surface area contributed by atoms with Gasteiger partial charge in [-0.25, -0.2) is 8.42 Å². The van der Waals surface area contributed by atoms with Crippen LogP contribution in [-0.4, -0.2) is 50.0 Å². The first kappa shape index (κ1) is 28.2. The Balaban J connectivity index is 1.89. The van der Waals surface area contributed by atoms with Crippen molar-refractivity contribution >= 4 is 43.5 Å². The van der Waals surface area contributed by atoms with Crippen molar-refractivity contribution in [1.82, 2.24) is 10.2 Å². The largest absolute Gasteiger partial charge is 0.352 e. The topological polar surface area (TPSA) is 86.8 Å². The average Bonchev–Trinajstić information content (AvgIpc) is 2.85. The van der Waals surface area contributed by atoms with E-state index >= 15 is 0 Å². The van der Waals surface area contributed by atoms with E-state index in [4.69, 9.17) is 0 Å². The molecule has 0 saturated heterocycles. The first-order chi connectivity index (χ1) is 17.1. The number of nitrogens with zero attached hydrogens (tertiary/aromatic N) is 2. The molecule has 2 aromatic carbocycles. The van der Waals surface area contributed by atoms with Crippen LogP contribution in [0.25, 0.3) is 0 Å². The van der Waals surface area contributed by atoms with Crippen LogP contribution < -0.4 is 9.62 Å². The quantitative estimate of drug-likeness (QED) is 0.445. The molecule has 1 unspecified atom stereocenters. The molecule has 0 radical (unpaired) electrons. The number of para-hydroxylation sites is 1. The Hall–Kier alpha value is -2.39. The predicted molar refractivity (Wildman–Crippen MR) is 147 cm³/mol. The molecular formula is C27H36BrN3O4S. The van der Waals surface area contributed by atoms with Gasteiger partial charge in [-0.05, 0) is 55.5 Å². The monoisotopic (exact) mass is 577 g/mol. The van der Waals surface area contributed by atoms with Crippen molar-refractivity contribution in [3.8, 4) is 0 Å². The summed E-state index contributed by atoms with van der Waals surface area (Å²) in [7, 11) is -3.75. The van der Waals surface area contributed by atoms with Gasteiger partial charge in [-0.1, -0.05) is 72.4 Å². The van der Waals surface area contributed by atoms with Crippen LogP contribution in [0.15, 0.2) is 53.0 Å². The summed E-state index contributed by atoms with van der Waals surface area (Å²) in [6, 6.07) is 14.1. The minimum atomic E-state index is -3.75. The molecule has 1 saturated carbocycles. The molecular weight excluding hydrogens is 542 g/mol. The summed E-state index contributed by atoms with van der Waals surface area (Å²) in [6.07, 6.45) is 6.95. The minimum Gasteiger partial charge on any atom is -0.352 e. The molecule has 0 aliphatic heterocycles. The summed E-state index contributed by atoms with van der Waals surface area (Å²) in [4.78, 5) is 28.4. The molecule has 196 valence electrons. The Morgan fingerprint density at radius 1 is 1.08 bits per heavy atom. The number of benzene rings is 2. The van der Waals surface area contributed by atoms with Crippen molar-refractivity contribution in [3.05, 3.63) is 64.1 Å². The lowest BCUT2D eigenvalue weighted by atomic mass is 9.95. The van der Waals surface area contributed by atoms with Crippen LogP contribution in [0.1, 0.15) is 57.1 Å². The number of nitrogens with one attached hydrogen (secondary N) is 1. The standard InChI is InChI=1S/C27H36BrN3O4S/c1-4-22-12-8-9-16-25(22)31(36(3,34)35)19-26(32)30(18-21-11-10-13-23(28)17-21)20(2)27(33)29-24-14-6-5-7-15-24/h8-13,16-17,20,24H,4-7,14-15,18-19H2,1-3H3,(H,29,33). The van der Waals surface area contributed by atoms with Gasteiger partial charge in [-0.2, -0.15) is 0 Å². The average molecular weight is 579 g/mol. The summed E-state index contributed by atoms with van der Waals surface area (Å²) in [5, 5.41) is 3.11. The summed E-state index contributed by atoms with van der Waals surface area (Å²) < 4.78 is 27.6. The van der Waals surface area contributed by atoms with E-state index in [1.165, 1.54) is 11.3 Å². The van der Waals surface area contributed by atoms with Gasteiger partial charge in [-0.3, -0.25) is 13.9 Å². The molecule has 1 fully saturated rings. The summed E-state index contributed by atoms with van der Waals surface area (Å²) in [5.41, 5.74) is 2.16. The molecule has 36 heavy (non-hydrogen) atoms. The predicted octanol–water partition coefficient (Wildman–Crippen LogP) is 4.64. The smallest absolute Gasteiger partial charge is 0.244 e. The van der Waals surface area contributed by atoms with E-state index in [-0.39, 0.29) is 25.0 Å². The van der Waals surface area contributed by atoms with Crippen LogP contribution in [0.4, 0.5) is 5.69 Å². The Kier molecular flexibility index (Phi) is 9.96. The molecule has 1 atom stereocenters. The van der Waals surface area contributed by atoms with Gasteiger partial charge in [0.05, 0.1) is 11.9 Å². The Bertz CT molecular complexity index is 1170. The highest BCUT2D eigenvalue weighted by atomic mass is 79.9. The van der Waals surface area contributed by atoms with Crippen molar-refractivity contribution in [3.63, 3.8) is 0 Å². The molecule has 7 nitrogen and oxygen atoms in total. The number of carbonyl (C=O) groups excluding carboxylic acids is 2. The van der Waals surface area contributed by atoms with Gasteiger partial charge in [0.1, 0.15) is 12.6 Å². The Labute approximate surface area is 223 Å². The molecule has 2 amide bonds. The zero-order valence-corrected chi connectivity index (χ0v) is 23.6. The summed E-state index contributed by atoms with van der Waals surface area (Å²) in [5.74, 6) is -0.650. The highest BCUT2D eigenvalue weighted by Crippen LogP contribution is 2.25. The second-order valence-electron chi connectivity index (χ2n) is 9.42. The number of sulfonamides is 1. The number of anilines is 1. The maximum Gasteiger partial charge on any atom is 0.244 e. The Morgan fingerprint density at radius 3 is 2.42 bits per heavy atom. The third kappa shape index (κ3) is 7.56. The summed E-state index contributed by atoms with van der Waals surface area (Å²) in [6.45, 7) is 3.45. The first-order valence-electron chi connectivity index (χ1n) is 12.5. The maximum absolute atomic E-state index is 13.7. The maximum atomic E-state index is 13.7. The molecule has 2 aromatic rings. The third-order valence-corrected chi connectivity index (χ3v) is 8.30. The molecule has 0 heterocycles. The molecule has 1 N–H and O–H groups in total. The van der Waals surface area contributed by atoms with E-state index in [0.29, 0.717) is 12.1 Å². The molecule has 1 aliphatic carbocycles. The van der Waals surface area contributed by atoms with Crippen molar-refractivity contribution in [2.24, 2.45) is 0 Å². The fourth-order valence-corrected chi connectivity index (χ4v) is 5.96. The van der Waals surface area contributed by atoms with Gasteiger partial charge in [0, 0.05) is 17.1 Å². The van der Waals surface area contributed by atoms with Crippen LogP contribution in [-0.2, 0) is 32.6 Å². The number of rotatable bonds is 10. The number of hydrogen-bond acceptors (Lipinski definition) is 4. The minimum absolute atomic E-state index is 0.112. The number of amides is 2. The SMILES string of the molecule is CCc1ccccc1N(CC(=O)N(Cc1cccc(Br)c1)C(C)C(=O)NC1CCCCC1)S(C)(=O)=O. The normalized spacial score (nSPS) is 15.2. The summed E-state index contributed by atoms with van der Waals surface area (Å²) >= 11 is 3.46. The van der Waals surface area contributed by atoms with E-state index in [0.717, 1.165) is 51.8 Å². The van der Waals surface area contributed by atoms with Gasteiger partial charge in [0.15, 0.2) is 0 Å². The second kappa shape index (κ2) is 12.7. The molecule has 0 spiro atoms. The van der Waals surface area contributed by atoms with Gasteiger partial charge in [0.2, 0.25) is 21.8 Å². The van der Waals surface area contributed by atoms with Gasteiger partial charge in [-0.15, -0.1) is 0 Å². The third-order valence-electron chi connectivity index (χ3n) is 6.68. The number of halogens is 1. The fraction of sp³-hybridized carbons (Fsp3) is 0.481. The van der Waals surface area contributed by atoms with E-state index in [1.807, 2.05) is 43.3 Å². The van der Waals surface area contributed by atoms with Crippen LogP contribution in [0, 0.1) is 0 Å². The Morgan fingerprint density at radius 2 is 1.78 bits per heavy atom. The lowest BCUT2D eigenvalue weighted by Gasteiger charge is -2.33.